The van der Waals surface area contributed by atoms with Gasteiger partial charge in [0.25, 0.3) is 0 Å². The molecule has 100 valence electrons. The lowest BCUT2D eigenvalue weighted by Gasteiger charge is -2.31. The first-order valence-electron chi connectivity index (χ1n) is 7.16. The fraction of sp³-hybridized carbons (Fsp3) is 0.929. The van der Waals surface area contributed by atoms with E-state index in [1.165, 1.54) is 25.7 Å². The number of nitrogens with zero attached hydrogens (tertiary/aromatic N) is 1. The number of carbonyl (C=O) groups excluding carboxylic acids is 1. The summed E-state index contributed by atoms with van der Waals surface area (Å²) in [6, 6.07) is 0. The van der Waals surface area contributed by atoms with E-state index in [-0.39, 0.29) is 11.9 Å². The van der Waals surface area contributed by atoms with Gasteiger partial charge in [-0.15, -0.1) is 0 Å². The Bertz CT molecular complexity index is 218. The van der Waals surface area contributed by atoms with E-state index in [0.717, 1.165) is 32.5 Å². The van der Waals surface area contributed by atoms with Gasteiger partial charge in [0.1, 0.15) is 0 Å². The van der Waals surface area contributed by atoms with Crippen molar-refractivity contribution < 1.29 is 9.53 Å². The second-order valence-corrected chi connectivity index (χ2v) is 4.95. The molecule has 3 heteroatoms. The molecule has 1 rings (SSSR count). The molecule has 0 amide bonds. The predicted molar refractivity (Wildman–Crippen MR) is 69.9 cm³/mol. The van der Waals surface area contributed by atoms with Gasteiger partial charge in [0.05, 0.1) is 12.5 Å². The van der Waals surface area contributed by atoms with E-state index in [0.29, 0.717) is 6.61 Å². The second-order valence-electron chi connectivity index (χ2n) is 4.95. The van der Waals surface area contributed by atoms with Gasteiger partial charge in [0, 0.05) is 6.54 Å². The molecule has 0 spiro atoms. The summed E-state index contributed by atoms with van der Waals surface area (Å²) in [6.07, 6.45) is 7.34. The zero-order valence-electron chi connectivity index (χ0n) is 11.4. The molecule has 3 nitrogen and oxygen atoms in total. The molecule has 1 aliphatic heterocycles. The van der Waals surface area contributed by atoms with Crippen molar-refractivity contribution in [2.45, 2.75) is 52.4 Å². The van der Waals surface area contributed by atoms with Crippen molar-refractivity contribution in [3.63, 3.8) is 0 Å². The molecule has 0 unspecified atom stereocenters. The van der Waals surface area contributed by atoms with Crippen molar-refractivity contribution >= 4 is 5.97 Å². The van der Waals surface area contributed by atoms with Crippen molar-refractivity contribution in [3.05, 3.63) is 0 Å². The summed E-state index contributed by atoms with van der Waals surface area (Å²) >= 11 is 0. The van der Waals surface area contributed by atoms with Gasteiger partial charge in [-0.2, -0.15) is 0 Å². The van der Waals surface area contributed by atoms with Crippen molar-refractivity contribution in [2.75, 3.05) is 26.2 Å². The van der Waals surface area contributed by atoms with Crippen molar-refractivity contribution in [3.8, 4) is 0 Å². The van der Waals surface area contributed by atoms with Gasteiger partial charge in [0.15, 0.2) is 0 Å². The normalized spacial score (nSPS) is 21.4. The Hall–Kier alpha value is -0.570. The summed E-state index contributed by atoms with van der Waals surface area (Å²) in [5.41, 5.74) is 0. The number of unbranched alkanes of at least 4 members (excludes halogenated alkanes) is 3. The lowest BCUT2D eigenvalue weighted by atomic mass is 9.98. The Morgan fingerprint density at radius 2 is 2.12 bits per heavy atom. The lowest BCUT2D eigenvalue weighted by molar-refractivity contribution is -0.149. The molecule has 1 atom stereocenters. The van der Waals surface area contributed by atoms with Crippen LogP contribution in [0.3, 0.4) is 0 Å². The Morgan fingerprint density at radius 1 is 1.29 bits per heavy atom. The van der Waals surface area contributed by atoms with Gasteiger partial charge in [-0.25, -0.2) is 0 Å². The number of hydrogen-bond donors (Lipinski definition) is 0. The highest BCUT2D eigenvalue weighted by atomic mass is 16.5. The summed E-state index contributed by atoms with van der Waals surface area (Å²) in [5, 5.41) is 0. The van der Waals surface area contributed by atoms with Gasteiger partial charge < -0.3 is 9.64 Å². The number of likely N-dealkylation sites (tertiary alicyclic amines) is 1. The van der Waals surface area contributed by atoms with E-state index in [2.05, 4.69) is 11.8 Å². The van der Waals surface area contributed by atoms with Crippen molar-refractivity contribution in [1.82, 2.24) is 4.90 Å². The van der Waals surface area contributed by atoms with Crippen LogP contribution in [0.2, 0.25) is 0 Å². The fourth-order valence-corrected chi connectivity index (χ4v) is 2.47. The molecule has 1 aliphatic rings. The third-order valence-corrected chi connectivity index (χ3v) is 3.45. The molecule has 0 aromatic rings. The molecule has 1 saturated heterocycles. The van der Waals surface area contributed by atoms with Crippen LogP contribution in [0.1, 0.15) is 52.4 Å². The number of carbonyl (C=O) groups is 1. The van der Waals surface area contributed by atoms with Crippen LogP contribution in [0.4, 0.5) is 0 Å². The molecule has 0 bridgehead atoms. The fourth-order valence-electron chi connectivity index (χ4n) is 2.47. The maximum atomic E-state index is 11.7. The predicted octanol–water partition coefficient (Wildman–Crippen LogP) is 2.84. The van der Waals surface area contributed by atoms with E-state index < -0.39 is 0 Å². The summed E-state index contributed by atoms with van der Waals surface area (Å²) in [6.45, 7) is 7.83. The maximum absolute atomic E-state index is 11.7. The molecule has 0 aromatic heterocycles. The Morgan fingerprint density at radius 3 is 2.82 bits per heavy atom. The summed E-state index contributed by atoms with van der Waals surface area (Å²) < 4.78 is 5.11. The van der Waals surface area contributed by atoms with Crippen LogP contribution in [-0.4, -0.2) is 37.1 Å². The molecule has 0 radical (unpaired) electrons. The Balaban J connectivity index is 2.21. The monoisotopic (exact) mass is 241 g/mol. The minimum Gasteiger partial charge on any atom is -0.466 e. The number of ether oxygens (including phenoxy) is 1. The second kappa shape index (κ2) is 8.51. The molecule has 1 heterocycles. The molecule has 0 aliphatic carbocycles. The van der Waals surface area contributed by atoms with Crippen LogP contribution in [0.15, 0.2) is 0 Å². The SMILES string of the molecule is CCCCCCN1CCC[C@H](C(=O)OCC)C1. The zero-order valence-corrected chi connectivity index (χ0v) is 11.4. The van der Waals surface area contributed by atoms with E-state index in [1.54, 1.807) is 0 Å². The van der Waals surface area contributed by atoms with Crippen LogP contribution in [0.5, 0.6) is 0 Å². The molecule has 17 heavy (non-hydrogen) atoms. The van der Waals surface area contributed by atoms with Gasteiger partial charge in [0.2, 0.25) is 0 Å². The molecular formula is C14H27NO2. The first-order chi connectivity index (χ1) is 8.27. The number of rotatable bonds is 7. The number of esters is 1. The molecular weight excluding hydrogens is 214 g/mol. The molecule has 0 aromatic carbocycles. The maximum Gasteiger partial charge on any atom is 0.310 e. The van der Waals surface area contributed by atoms with Gasteiger partial charge >= 0.3 is 5.97 Å². The Kier molecular flexibility index (Phi) is 7.25. The molecule has 1 fully saturated rings. The van der Waals surface area contributed by atoms with Crippen LogP contribution in [0, 0.1) is 5.92 Å². The lowest BCUT2D eigenvalue weighted by Crippen LogP contribution is -2.39. The van der Waals surface area contributed by atoms with Crippen molar-refractivity contribution in [2.24, 2.45) is 5.92 Å². The first kappa shape index (κ1) is 14.5. The molecule has 0 saturated carbocycles. The van der Waals surface area contributed by atoms with Crippen LogP contribution >= 0.6 is 0 Å². The highest BCUT2D eigenvalue weighted by Crippen LogP contribution is 2.18. The smallest absolute Gasteiger partial charge is 0.310 e. The average Bonchev–Trinajstić information content (AvgIpc) is 2.35. The largest absolute Gasteiger partial charge is 0.466 e. The highest BCUT2D eigenvalue weighted by molar-refractivity contribution is 5.72. The van der Waals surface area contributed by atoms with E-state index in [9.17, 15) is 4.79 Å². The topological polar surface area (TPSA) is 29.5 Å². The number of piperidine rings is 1. The summed E-state index contributed by atoms with van der Waals surface area (Å²) in [7, 11) is 0. The minimum absolute atomic E-state index is 0.00533. The summed E-state index contributed by atoms with van der Waals surface area (Å²) in [5.74, 6) is 0.126. The van der Waals surface area contributed by atoms with Crippen LogP contribution in [-0.2, 0) is 9.53 Å². The van der Waals surface area contributed by atoms with Crippen LogP contribution < -0.4 is 0 Å². The standard InChI is InChI=1S/C14H27NO2/c1-3-5-6-7-10-15-11-8-9-13(12-15)14(16)17-4-2/h13H,3-12H2,1-2H3/t13-/m0/s1. The van der Waals surface area contributed by atoms with Gasteiger partial charge in [-0.1, -0.05) is 26.2 Å². The first-order valence-corrected chi connectivity index (χ1v) is 7.16. The van der Waals surface area contributed by atoms with E-state index >= 15 is 0 Å². The van der Waals surface area contributed by atoms with E-state index in [4.69, 9.17) is 4.74 Å². The van der Waals surface area contributed by atoms with Gasteiger partial charge in [-0.05, 0) is 39.3 Å². The third-order valence-electron chi connectivity index (χ3n) is 3.45. The zero-order chi connectivity index (χ0) is 12.5. The summed E-state index contributed by atoms with van der Waals surface area (Å²) in [4.78, 5) is 14.1. The molecule has 0 N–H and O–H groups in total. The minimum atomic E-state index is 0.00533. The van der Waals surface area contributed by atoms with Crippen LogP contribution in [0.25, 0.3) is 0 Å². The Labute approximate surface area is 106 Å². The van der Waals surface area contributed by atoms with Gasteiger partial charge in [-0.3, -0.25) is 4.79 Å². The highest BCUT2D eigenvalue weighted by Gasteiger charge is 2.26. The average molecular weight is 241 g/mol. The quantitative estimate of drug-likeness (QED) is 0.507. The third kappa shape index (κ3) is 5.53. The van der Waals surface area contributed by atoms with E-state index in [1.807, 2.05) is 6.92 Å². The number of hydrogen-bond acceptors (Lipinski definition) is 3. The van der Waals surface area contributed by atoms with Crippen molar-refractivity contribution in [1.29, 1.82) is 0 Å².